The molecule has 1 aliphatic carbocycles. The molecule has 1 aromatic carbocycles. The molecule has 3 nitrogen and oxygen atoms in total. The molecule has 0 aliphatic heterocycles. The summed E-state index contributed by atoms with van der Waals surface area (Å²) < 4.78 is 40.8. The van der Waals surface area contributed by atoms with Crippen molar-refractivity contribution in [1.29, 1.82) is 0 Å². The van der Waals surface area contributed by atoms with Crippen molar-refractivity contribution in [2.75, 3.05) is 7.05 Å². The average Bonchev–Trinajstić information content (AvgIpc) is 2.41. The molecule has 0 radical (unpaired) electrons. The molecule has 1 fully saturated rings. The number of rotatable bonds is 3. The molecule has 0 unspecified atom stereocenters. The van der Waals surface area contributed by atoms with Gasteiger partial charge < -0.3 is 0 Å². The number of hydrogen-bond acceptors (Lipinski definition) is 2. The zero-order chi connectivity index (χ0) is 14.9. The van der Waals surface area contributed by atoms with Gasteiger partial charge in [-0.05, 0) is 49.8 Å². The molecule has 112 valence electrons. The lowest BCUT2D eigenvalue weighted by Gasteiger charge is -2.32. The minimum atomic E-state index is -3.78. The molecule has 0 spiro atoms. The maximum absolute atomic E-state index is 13.8. The Morgan fingerprint density at radius 2 is 1.85 bits per heavy atom. The third-order valence-electron chi connectivity index (χ3n) is 4.05. The molecule has 1 aromatic rings. The van der Waals surface area contributed by atoms with E-state index in [1.807, 2.05) is 0 Å². The second-order valence-electron chi connectivity index (χ2n) is 5.51. The van der Waals surface area contributed by atoms with Gasteiger partial charge in [0, 0.05) is 17.6 Å². The van der Waals surface area contributed by atoms with E-state index in [0.29, 0.717) is 10.4 Å². The summed E-state index contributed by atoms with van der Waals surface area (Å²) >= 11 is 3.19. The first-order valence-corrected chi connectivity index (χ1v) is 8.98. The van der Waals surface area contributed by atoms with Crippen molar-refractivity contribution in [3.05, 3.63) is 28.5 Å². The summed E-state index contributed by atoms with van der Waals surface area (Å²) in [6.45, 7) is 2.18. The van der Waals surface area contributed by atoms with Gasteiger partial charge in [0.1, 0.15) is 10.7 Å². The first kappa shape index (κ1) is 15.9. The minimum absolute atomic E-state index is 0.0328. The molecule has 0 amide bonds. The molecule has 1 saturated carbocycles. The van der Waals surface area contributed by atoms with Crippen LogP contribution < -0.4 is 0 Å². The van der Waals surface area contributed by atoms with Crippen LogP contribution in [0.1, 0.15) is 32.6 Å². The Labute approximate surface area is 128 Å². The summed E-state index contributed by atoms with van der Waals surface area (Å²) in [6, 6.07) is 3.96. The highest BCUT2D eigenvalue weighted by Crippen LogP contribution is 2.31. The van der Waals surface area contributed by atoms with E-state index in [2.05, 4.69) is 22.9 Å². The van der Waals surface area contributed by atoms with Crippen molar-refractivity contribution < 1.29 is 12.8 Å². The molecule has 0 aromatic heterocycles. The first-order valence-electron chi connectivity index (χ1n) is 6.75. The van der Waals surface area contributed by atoms with Gasteiger partial charge >= 0.3 is 0 Å². The number of halogens is 2. The third-order valence-corrected chi connectivity index (χ3v) is 6.47. The average molecular weight is 364 g/mol. The number of hydrogen-bond donors (Lipinski definition) is 0. The molecule has 20 heavy (non-hydrogen) atoms. The molecular formula is C14H19BrFNO2S. The van der Waals surface area contributed by atoms with E-state index in [1.54, 1.807) is 7.05 Å². The molecule has 6 heteroatoms. The predicted molar refractivity (Wildman–Crippen MR) is 80.5 cm³/mol. The molecule has 0 saturated heterocycles. The maximum atomic E-state index is 13.8. The standard InChI is InChI=1S/C14H19BrFNO2S/c1-10-3-6-12(7-4-10)17(2)20(18,19)14-9-11(15)5-8-13(14)16/h5,8-10,12H,3-4,6-7H2,1-2H3. The van der Waals surface area contributed by atoms with E-state index >= 15 is 0 Å². The normalized spacial score (nSPS) is 24.1. The molecule has 0 atom stereocenters. The molecular weight excluding hydrogens is 345 g/mol. The summed E-state index contributed by atoms with van der Waals surface area (Å²) in [5.41, 5.74) is 0. The Kier molecular flexibility index (Phi) is 4.87. The summed E-state index contributed by atoms with van der Waals surface area (Å²) in [5.74, 6) is -0.0609. The lowest BCUT2D eigenvalue weighted by Crippen LogP contribution is -2.39. The second kappa shape index (κ2) is 6.12. The van der Waals surface area contributed by atoms with Crippen molar-refractivity contribution in [2.24, 2.45) is 5.92 Å². The Hall–Kier alpha value is -0.460. The highest BCUT2D eigenvalue weighted by atomic mass is 79.9. The fourth-order valence-corrected chi connectivity index (χ4v) is 4.65. The van der Waals surface area contributed by atoms with Gasteiger partial charge in [-0.3, -0.25) is 0 Å². The van der Waals surface area contributed by atoms with Gasteiger partial charge in [-0.2, -0.15) is 4.31 Å². The van der Waals surface area contributed by atoms with Crippen LogP contribution in [0.25, 0.3) is 0 Å². The van der Waals surface area contributed by atoms with E-state index in [0.717, 1.165) is 25.7 Å². The second-order valence-corrected chi connectivity index (χ2v) is 8.39. The molecule has 2 rings (SSSR count). The minimum Gasteiger partial charge on any atom is -0.207 e. The topological polar surface area (TPSA) is 37.4 Å². The van der Waals surface area contributed by atoms with Gasteiger partial charge in [0.25, 0.3) is 0 Å². The molecule has 1 aliphatic rings. The zero-order valence-electron chi connectivity index (χ0n) is 11.6. The Morgan fingerprint density at radius 1 is 1.25 bits per heavy atom. The van der Waals surface area contributed by atoms with Crippen LogP contribution in [0.2, 0.25) is 0 Å². The van der Waals surface area contributed by atoms with Crippen LogP contribution in [0.4, 0.5) is 4.39 Å². The van der Waals surface area contributed by atoms with Crippen molar-refractivity contribution in [1.82, 2.24) is 4.31 Å². The van der Waals surface area contributed by atoms with Crippen molar-refractivity contribution in [2.45, 2.75) is 43.5 Å². The monoisotopic (exact) mass is 363 g/mol. The smallest absolute Gasteiger partial charge is 0.207 e. The van der Waals surface area contributed by atoms with Crippen LogP contribution in [0.5, 0.6) is 0 Å². The van der Waals surface area contributed by atoms with Crippen LogP contribution in [0, 0.1) is 11.7 Å². The van der Waals surface area contributed by atoms with Crippen molar-refractivity contribution in [3.63, 3.8) is 0 Å². The van der Waals surface area contributed by atoms with E-state index in [1.165, 1.54) is 22.5 Å². The highest BCUT2D eigenvalue weighted by molar-refractivity contribution is 9.10. The van der Waals surface area contributed by atoms with Crippen LogP contribution in [-0.2, 0) is 10.0 Å². The number of nitrogens with zero attached hydrogens (tertiary/aromatic N) is 1. The predicted octanol–water partition coefficient (Wildman–Crippen LogP) is 3.79. The van der Waals surface area contributed by atoms with E-state index in [-0.39, 0.29) is 10.9 Å². The van der Waals surface area contributed by atoms with E-state index in [9.17, 15) is 12.8 Å². The first-order chi connectivity index (χ1) is 9.32. The van der Waals surface area contributed by atoms with Crippen molar-refractivity contribution in [3.8, 4) is 0 Å². The number of benzene rings is 1. The third kappa shape index (κ3) is 3.23. The van der Waals surface area contributed by atoms with E-state index in [4.69, 9.17) is 0 Å². The summed E-state index contributed by atoms with van der Waals surface area (Å²) in [7, 11) is -2.23. The highest BCUT2D eigenvalue weighted by Gasteiger charge is 2.32. The largest absolute Gasteiger partial charge is 0.246 e. The Balaban J connectivity index is 2.27. The quantitative estimate of drug-likeness (QED) is 0.819. The lowest BCUT2D eigenvalue weighted by molar-refractivity contribution is 0.245. The SMILES string of the molecule is CC1CCC(N(C)S(=O)(=O)c2cc(Br)ccc2F)CC1. The summed E-state index contributed by atoms with van der Waals surface area (Å²) in [5, 5.41) is 0. The fraction of sp³-hybridized carbons (Fsp3) is 0.571. The summed E-state index contributed by atoms with van der Waals surface area (Å²) in [4.78, 5) is -0.256. The van der Waals surface area contributed by atoms with Gasteiger partial charge in [-0.1, -0.05) is 22.9 Å². The Bertz CT molecular complexity index is 583. The zero-order valence-corrected chi connectivity index (χ0v) is 14.0. The van der Waals surface area contributed by atoms with Gasteiger partial charge in [0.05, 0.1) is 0 Å². The van der Waals surface area contributed by atoms with Crippen LogP contribution >= 0.6 is 15.9 Å². The van der Waals surface area contributed by atoms with E-state index < -0.39 is 15.8 Å². The van der Waals surface area contributed by atoms with Gasteiger partial charge in [-0.15, -0.1) is 0 Å². The molecule has 0 N–H and O–H groups in total. The molecule has 0 bridgehead atoms. The van der Waals surface area contributed by atoms with Gasteiger partial charge in [0.2, 0.25) is 10.0 Å². The fourth-order valence-electron chi connectivity index (χ4n) is 2.63. The van der Waals surface area contributed by atoms with Crippen LogP contribution in [0.3, 0.4) is 0 Å². The van der Waals surface area contributed by atoms with Crippen LogP contribution in [-0.4, -0.2) is 25.8 Å². The lowest BCUT2D eigenvalue weighted by atomic mass is 9.87. The Morgan fingerprint density at radius 3 is 2.45 bits per heavy atom. The van der Waals surface area contributed by atoms with Gasteiger partial charge in [-0.25, -0.2) is 12.8 Å². The molecule has 0 heterocycles. The maximum Gasteiger partial charge on any atom is 0.246 e. The van der Waals surface area contributed by atoms with Gasteiger partial charge in [0.15, 0.2) is 0 Å². The summed E-state index contributed by atoms with van der Waals surface area (Å²) in [6.07, 6.45) is 3.72. The van der Waals surface area contributed by atoms with Crippen molar-refractivity contribution >= 4 is 26.0 Å². The number of sulfonamides is 1. The van der Waals surface area contributed by atoms with Crippen LogP contribution in [0.15, 0.2) is 27.6 Å².